The number of rotatable bonds is 5. The summed E-state index contributed by atoms with van der Waals surface area (Å²) in [5.41, 5.74) is -0.168. The van der Waals surface area contributed by atoms with Crippen molar-refractivity contribution in [2.45, 2.75) is 26.4 Å². The van der Waals surface area contributed by atoms with Crippen molar-refractivity contribution in [3.8, 4) is 5.75 Å². The molecule has 7 nitrogen and oxygen atoms in total. The summed E-state index contributed by atoms with van der Waals surface area (Å²) in [5, 5.41) is 14.4. The van der Waals surface area contributed by atoms with E-state index in [9.17, 15) is 10.1 Å². The summed E-state index contributed by atoms with van der Waals surface area (Å²) in [7, 11) is 0. The lowest BCUT2D eigenvalue weighted by atomic mass is 10.2. The van der Waals surface area contributed by atoms with Crippen LogP contribution in [0.1, 0.15) is 31.5 Å². The summed E-state index contributed by atoms with van der Waals surface area (Å²) in [6.45, 7) is 3.98. The van der Waals surface area contributed by atoms with E-state index in [1.807, 2.05) is 13.8 Å². The number of benzene rings is 1. The molecule has 0 saturated carbocycles. The topological polar surface area (TPSA) is 91.3 Å². The molecule has 0 atom stereocenters. The highest BCUT2D eigenvalue weighted by Gasteiger charge is 2.14. The normalized spacial score (nSPS) is 10.8. The van der Waals surface area contributed by atoms with Crippen molar-refractivity contribution < 1.29 is 14.2 Å². The minimum absolute atomic E-state index is 0.0147. The maximum absolute atomic E-state index is 10.6. The zero-order valence-electron chi connectivity index (χ0n) is 10.9. The van der Waals surface area contributed by atoms with Crippen molar-refractivity contribution >= 4 is 17.3 Å². The van der Waals surface area contributed by atoms with Gasteiger partial charge in [0.2, 0.25) is 0 Å². The maximum atomic E-state index is 10.6. The summed E-state index contributed by atoms with van der Waals surface area (Å²) in [6, 6.07) is 4.12. The third-order valence-corrected chi connectivity index (χ3v) is 2.78. The van der Waals surface area contributed by atoms with Crippen LogP contribution in [-0.4, -0.2) is 15.1 Å². The van der Waals surface area contributed by atoms with Crippen LogP contribution in [0, 0.1) is 10.1 Å². The second-order valence-corrected chi connectivity index (χ2v) is 4.77. The van der Waals surface area contributed by atoms with Crippen molar-refractivity contribution in [3.05, 3.63) is 45.1 Å². The molecule has 0 spiro atoms. The lowest BCUT2D eigenvalue weighted by Gasteiger charge is -2.03. The Morgan fingerprint density at radius 2 is 2.25 bits per heavy atom. The molecule has 1 heterocycles. The van der Waals surface area contributed by atoms with Crippen LogP contribution in [0.25, 0.3) is 0 Å². The molecule has 0 radical (unpaired) electrons. The number of nitrogens with zero attached hydrogens (tertiary/aromatic N) is 3. The van der Waals surface area contributed by atoms with Crippen LogP contribution < -0.4 is 4.74 Å². The van der Waals surface area contributed by atoms with Gasteiger partial charge in [-0.3, -0.25) is 10.1 Å². The molecule has 0 aliphatic heterocycles. The first-order valence-electron chi connectivity index (χ1n) is 5.86. The Morgan fingerprint density at radius 1 is 1.50 bits per heavy atom. The fourth-order valence-electron chi connectivity index (χ4n) is 1.43. The van der Waals surface area contributed by atoms with Crippen molar-refractivity contribution in [2.75, 3.05) is 0 Å². The van der Waals surface area contributed by atoms with E-state index in [0.29, 0.717) is 17.5 Å². The summed E-state index contributed by atoms with van der Waals surface area (Å²) in [6.07, 6.45) is 0. The van der Waals surface area contributed by atoms with Crippen LogP contribution >= 0.6 is 11.6 Å². The van der Waals surface area contributed by atoms with E-state index in [1.54, 1.807) is 0 Å². The van der Waals surface area contributed by atoms with Crippen molar-refractivity contribution in [2.24, 2.45) is 0 Å². The van der Waals surface area contributed by atoms with Crippen LogP contribution in [0.5, 0.6) is 5.75 Å². The maximum Gasteiger partial charge on any atom is 0.288 e. The Bertz CT molecular complexity index is 627. The number of nitro groups is 1. The predicted octanol–water partition coefficient (Wildman–Crippen LogP) is 3.33. The molecule has 2 rings (SSSR count). The Hall–Kier alpha value is -2.15. The minimum atomic E-state index is -0.557. The van der Waals surface area contributed by atoms with Gasteiger partial charge in [-0.15, -0.1) is 0 Å². The molecule has 1 aromatic carbocycles. The molecule has 0 amide bonds. The van der Waals surface area contributed by atoms with Gasteiger partial charge in [0.05, 0.1) is 4.92 Å². The van der Waals surface area contributed by atoms with Crippen molar-refractivity contribution in [1.82, 2.24) is 10.1 Å². The lowest BCUT2D eigenvalue weighted by Crippen LogP contribution is -1.97. The highest BCUT2D eigenvalue weighted by atomic mass is 35.5. The molecule has 0 saturated heterocycles. The summed E-state index contributed by atoms with van der Waals surface area (Å²) in [5.74, 6) is 1.50. The molecular weight excluding hydrogens is 286 g/mol. The van der Waals surface area contributed by atoms with Gasteiger partial charge in [0.15, 0.2) is 12.4 Å². The smallest absolute Gasteiger partial charge is 0.288 e. The fraction of sp³-hybridized carbons (Fsp3) is 0.333. The number of halogens is 1. The first-order valence-corrected chi connectivity index (χ1v) is 6.24. The van der Waals surface area contributed by atoms with E-state index in [4.69, 9.17) is 20.9 Å². The van der Waals surface area contributed by atoms with Gasteiger partial charge in [-0.1, -0.05) is 30.6 Å². The van der Waals surface area contributed by atoms with Gasteiger partial charge < -0.3 is 9.26 Å². The lowest BCUT2D eigenvalue weighted by molar-refractivity contribution is -0.384. The quantitative estimate of drug-likeness (QED) is 0.621. The molecule has 106 valence electrons. The van der Waals surface area contributed by atoms with Gasteiger partial charge in [-0.05, 0) is 6.07 Å². The minimum Gasteiger partial charge on any atom is -0.484 e. The molecule has 20 heavy (non-hydrogen) atoms. The highest BCUT2D eigenvalue weighted by molar-refractivity contribution is 6.32. The van der Waals surface area contributed by atoms with Crippen molar-refractivity contribution in [1.29, 1.82) is 0 Å². The molecule has 0 fully saturated rings. The molecule has 1 aromatic heterocycles. The number of hydrogen-bond donors (Lipinski definition) is 0. The second-order valence-electron chi connectivity index (χ2n) is 4.36. The van der Waals surface area contributed by atoms with Crippen LogP contribution in [0.3, 0.4) is 0 Å². The van der Waals surface area contributed by atoms with Gasteiger partial charge in [0.1, 0.15) is 10.8 Å². The zero-order chi connectivity index (χ0) is 14.7. The fourth-order valence-corrected chi connectivity index (χ4v) is 1.67. The zero-order valence-corrected chi connectivity index (χ0v) is 11.6. The molecule has 0 aliphatic rings. The third kappa shape index (κ3) is 3.24. The standard InChI is InChI=1S/C12H12ClN3O4/c1-7(2)12-14-11(20-15-12)6-19-8-3-4-10(16(17)18)9(13)5-8/h3-5,7H,6H2,1-2H3. The molecule has 2 aromatic rings. The molecule has 0 unspecified atom stereocenters. The second kappa shape index (κ2) is 5.87. The largest absolute Gasteiger partial charge is 0.484 e. The first-order chi connectivity index (χ1) is 9.47. The third-order valence-electron chi connectivity index (χ3n) is 2.48. The van der Waals surface area contributed by atoms with E-state index in [-0.39, 0.29) is 23.2 Å². The first kappa shape index (κ1) is 14.3. The van der Waals surface area contributed by atoms with Crippen LogP contribution in [-0.2, 0) is 6.61 Å². The number of nitro benzene ring substituents is 1. The predicted molar refractivity (Wildman–Crippen MR) is 70.8 cm³/mol. The van der Waals surface area contributed by atoms with Gasteiger partial charge in [-0.25, -0.2) is 0 Å². The van der Waals surface area contributed by atoms with E-state index in [0.717, 1.165) is 0 Å². The average molecular weight is 298 g/mol. The van der Waals surface area contributed by atoms with Gasteiger partial charge in [0.25, 0.3) is 11.6 Å². The van der Waals surface area contributed by atoms with E-state index in [2.05, 4.69) is 10.1 Å². The summed E-state index contributed by atoms with van der Waals surface area (Å²) < 4.78 is 10.4. The number of hydrogen-bond acceptors (Lipinski definition) is 6. The van der Waals surface area contributed by atoms with E-state index in [1.165, 1.54) is 18.2 Å². The van der Waals surface area contributed by atoms with Crippen LogP contribution in [0.4, 0.5) is 5.69 Å². The number of aromatic nitrogens is 2. The Kier molecular flexibility index (Phi) is 4.19. The highest BCUT2D eigenvalue weighted by Crippen LogP contribution is 2.28. The molecule has 0 aliphatic carbocycles. The molecule has 0 bridgehead atoms. The average Bonchev–Trinajstić information content (AvgIpc) is 2.85. The van der Waals surface area contributed by atoms with Crippen LogP contribution in [0.15, 0.2) is 22.7 Å². The number of ether oxygens (including phenoxy) is 1. The Balaban J connectivity index is 2.03. The van der Waals surface area contributed by atoms with Gasteiger partial charge in [-0.2, -0.15) is 4.98 Å². The monoisotopic (exact) mass is 297 g/mol. The van der Waals surface area contributed by atoms with Gasteiger partial charge >= 0.3 is 0 Å². The summed E-state index contributed by atoms with van der Waals surface area (Å²) >= 11 is 5.78. The Morgan fingerprint density at radius 3 is 2.80 bits per heavy atom. The van der Waals surface area contributed by atoms with E-state index < -0.39 is 4.92 Å². The SMILES string of the molecule is CC(C)c1noc(COc2ccc([N+](=O)[O-])c(Cl)c2)n1. The molecule has 0 N–H and O–H groups in total. The van der Waals surface area contributed by atoms with Gasteiger partial charge in [0, 0.05) is 18.1 Å². The molecular formula is C12H12ClN3O4. The summed E-state index contributed by atoms with van der Waals surface area (Å²) in [4.78, 5) is 14.2. The van der Waals surface area contributed by atoms with E-state index >= 15 is 0 Å². The Labute approximate surface area is 119 Å². The van der Waals surface area contributed by atoms with Crippen molar-refractivity contribution in [3.63, 3.8) is 0 Å². The molecule has 8 heteroatoms. The van der Waals surface area contributed by atoms with Crippen LogP contribution in [0.2, 0.25) is 5.02 Å².